The number of nitriles is 1. The maximum atomic E-state index is 13.7. The minimum absolute atomic E-state index is 0.0625. The van der Waals surface area contributed by atoms with E-state index in [1.54, 1.807) is 6.07 Å². The fourth-order valence-corrected chi connectivity index (χ4v) is 3.04. The highest BCUT2D eigenvalue weighted by Crippen LogP contribution is 2.38. The summed E-state index contributed by atoms with van der Waals surface area (Å²) in [6.07, 6.45) is 5.32. The number of carbonyl (C=O) groups is 1. The van der Waals surface area contributed by atoms with Crippen LogP contribution in [0.2, 0.25) is 0 Å². The standard InChI is InChI=1S/C21H20FN3O2/c22-18-9-7-14(11-15(18)12-23)16(3-1-2-4-20(24)26)19-10-8-17(13-5-6-13)21(27)25-19/h3,7-11,13H,1-2,4-6H2,(H2,24,26)(H,25,27)/b16-3+. The SMILES string of the molecule is N#Cc1cc(/C(=C\CCCC(N)=O)c2ccc(C3CC3)c(=O)[nH]2)ccc1F. The molecule has 1 aliphatic carbocycles. The summed E-state index contributed by atoms with van der Waals surface area (Å²) in [7, 11) is 0. The Morgan fingerprint density at radius 1 is 1.33 bits per heavy atom. The van der Waals surface area contributed by atoms with Gasteiger partial charge in [-0.1, -0.05) is 18.2 Å². The zero-order chi connectivity index (χ0) is 19.4. The first kappa shape index (κ1) is 18.6. The van der Waals surface area contributed by atoms with Crippen molar-refractivity contribution in [3.05, 3.63) is 75.0 Å². The quantitative estimate of drug-likeness (QED) is 0.736. The van der Waals surface area contributed by atoms with Gasteiger partial charge in [-0.15, -0.1) is 0 Å². The normalized spacial score (nSPS) is 14.0. The van der Waals surface area contributed by atoms with E-state index in [1.807, 2.05) is 24.3 Å². The van der Waals surface area contributed by atoms with Gasteiger partial charge in [-0.05, 0) is 55.4 Å². The molecule has 3 rings (SSSR count). The van der Waals surface area contributed by atoms with Crippen LogP contribution >= 0.6 is 0 Å². The Bertz CT molecular complexity index is 997. The minimum atomic E-state index is -0.591. The number of benzene rings is 1. The van der Waals surface area contributed by atoms with Crippen LogP contribution in [-0.2, 0) is 4.79 Å². The average Bonchev–Trinajstić information content (AvgIpc) is 3.47. The monoisotopic (exact) mass is 365 g/mol. The number of H-pyrrole nitrogens is 1. The van der Waals surface area contributed by atoms with Gasteiger partial charge >= 0.3 is 0 Å². The van der Waals surface area contributed by atoms with Crippen molar-refractivity contribution in [1.82, 2.24) is 4.98 Å². The highest BCUT2D eigenvalue weighted by Gasteiger charge is 2.26. The molecule has 1 saturated carbocycles. The molecule has 0 spiro atoms. The number of rotatable bonds is 7. The molecule has 2 aromatic rings. The van der Waals surface area contributed by atoms with Crippen LogP contribution in [0.25, 0.3) is 5.57 Å². The van der Waals surface area contributed by atoms with Crippen LogP contribution in [0.1, 0.15) is 60.4 Å². The van der Waals surface area contributed by atoms with Gasteiger partial charge in [0.05, 0.1) is 5.56 Å². The third kappa shape index (κ3) is 4.50. The summed E-state index contributed by atoms with van der Waals surface area (Å²) in [4.78, 5) is 26.2. The summed E-state index contributed by atoms with van der Waals surface area (Å²) < 4.78 is 13.7. The molecule has 1 aromatic carbocycles. The molecule has 1 amide bonds. The van der Waals surface area contributed by atoms with E-state index in [9.17, 15) is 14.0 Å². The maximum Gasteiger partial charge on any atom is 0.251 e. The topological polar surface area (TPSA) is 99.7 Å². The van der Waals surface area contributed by atoms with E-state index >= 15 is 0 Å². The molecule has 0 saturated heterocycles. The molecular weight excluding hydrogens is 345 g/mol. The van der Waals surface area contributed by atoms with Crippen LogP contribution in [0.4, 0.5) is 4.39 Å². The summed E-state index contributed by atoms with van der Waals surface area (Å²) in [5.74, 6) is -0.630. The Balaban J connectivity index is 1.98. The molecule has 0 radical (unpaired) electrons. The Morgan fingerprint density at radius 2 is 2.11 bits per heavy atom. The van der Waals surface area contributed by atoms with Crippen molar-refractivity contribution in [3.63, 3.8) is 0 Å². The summed E-state index contributed by atoms with van der Waals surface area (Å²) in [6.45, 7) is 0. The first-order valence-corrected chi connectivity index (χ1v) is 8.91. The second kappa shape index (κ2) is 8.00. The van der Waals surface area contributed by atoms with Gasteiger partial charge in [-0.2, -0.15) is 5.26 Å². The number of primary amides is 1. The molecule has 1 aliphatic rings. The van der Waals surface area contributed by atoms with E-state index in [2.05, 4.69) is 4.98 Å². The number of amides is 1. The molecule has 5 nitrogen and oxygen atoms in total. The van der Waals surface area contributed by atoms with Crippen molar-refractivity contribution in [3.8, 4) is 6.07 Å². The molecule has 1 heterocycles. The van der Waals surface area contributed by atoms with Crippen molar-refractivity contribution in [2.24, 2.45) is 5.73 Å². The minimum Gasteiger partial charge on any atom is -0.370 e. The number of carbonyl (C=O) groups excluding carboxylic acids is 1. The number of aromatic nitrogens is 1. The summed E-state index contributed by atoms with van der Waals surface area (Å²) in [5.41, 5.74) is 7.68. The van der Waals surface area contributed by atoms with Crippen molar-refractivity contribution in [2.45, 2.75) is 38.0 Å². The highest BCUT2D eigenvalue weighted by molar-refractivity contribution is 5.78. The first-order chi connectivity index (χ1) is 13.0. The van der Waals surface area contributed by atoms with Gasteiger partial charge in [0.15, 0.2) is 0 Å². The molecule has 27 heavy (non-hydrogen) atoms. The molecular formula is C21H20FN3O2. The largest absolute Gasteiger partial charge is 0.370 e. The number of nitrogens with one attached hydrogen (secondary N) is 1. The van der Waals surface area contributed by atoms with Crippen LogP contribution in [0.5, 0.6) is 0 Å². The van der Waals surface area contributed by atoms with Gasteiger partial charge < -0.3 is 10.7 Å². The Labute approximate surface area is 156 Å². The molecule has 0 aliphatic heterocycles. The predicted octanol–water partition coefficient (Wildman–Crippen LogP) is 3.35. The number of aromatic amines is 1. The molecule has 0 atom stereocenters. The highest BCUT2D eigenvalue weighted by atomic mass is 19.1. The number of hydrogen-bond acceptors (Lipinski definition) is 3. The zero-order valence-electron chi connectivity index (χ0n) is 14.8. The lowest BCUT2D eigenvalue weighted by molar-refractivity contribution is -0.118. The van der Waals surface area contributed by atoms with Gasteiger partial charge in [-0.25, -0.2) is 4.39 Å². The third-order valence-electron chi connectivity index (χ3n) is 4.62. The average molecular weight is 365 g/mol. The summed E-state index contributed by atoms with van der Waals surface area (Å²) in [6, 6.07) is 9.77. The van der Waals surface area contributed by atoms with Gasteiger partial charge in [0, 0.05) is 23.3 Å². The molecule has 0 bridgehead atoms. The lowest BCUT2D eigenvalue weighted by atomic mass is 9.97. The third-order valence-corrected chi connectivity index (χ3v) is 4.62. The molecule has 1 aromatic heterocycles. The smallest absolute Gasteiger partial charge is 0.251 e. The van der Waals surface area contributed by atoms with Crippen LogP contribution in [0, 0.1) is 17.1 Å². The summed E-state index contributed by atoms with van der Waals surface area (Å²) >= 11 is 0. The van der Waals surface area contributed by atoms with E-state index in [-0.39, 0.29) is 23.5 Å². The van der Waals surface area contributed by atoms with E-state index in [4.69, 9.17) is 11.0 Å². The second-order valence-corrected chi connectivity index (χ2v) is 6.71. The van der Waals surface area contributed by atoms with E-state index in [0.29, 0.717) is 35.6 Å². The van der Waals surface area contributed by atoms with Crippen LogP contribution in [-0.4, -0.2) is 10.9 Å². The van der Waals surface area contributed by atoms with Crippen LogP contribution in [0.3, 0.4) is 0 Å². The fourth-order valence-electron chi connectivity index (χ4n) is 3.04. The Hall–Kier alpha value is -3.20. The summed E-state index contributed by atoms with van der Waals surface area (Å²) in [5, 5.41) is 9.10. The van der Waals surface area contributed by atoms with Crippen molar-refractivity contribution in [2.75, 3.05) is 0 Å². The van der Waals surface area contributed by atoms with Gasteiger partial charge in [-0.3, -0.25) is 9.59 Å². The van der Waals surface area contributed by atoms with Crippen LogP contribution < -0.4 is 11.3 Å². The predicted molar refractivity (Wildman–Crippen MR) is 100 cm³/mol. The molecule has 0 unspecified atom stereocenters. The number of unbranched alkanes of at least 4 members (excludes halogenated alkanes) is 1. The Kier molecular flexibility index (Phi) is 5.51. The van der Waals surface area contributed by atoms with Gasteiger partial charge in [0.2, 0.25) is 5.91 Å². The molecule has 138 valence electrons. The van der Waals surface area contributed by atoms with Crippen LogP contribution in [0.15, 0.2) is 41.2 Å². The van der Waals surface area contributed by atoms with E-state index in [0.717, 1.165) is 18.4 Å². The molecule has 3 N–H and O–H groups in total. The second-order valence-electron chi connectivity index (χ2n) is 6.71. The fraction of sp³-hybridized carbons (Fsp3) is 0.286. The zero-order valence-corrected chi connectivity index (χ0v) is 14.8. The number of nitrogens with two attached hydrogens (primary N) is 1. The van der Waals surface area contributed by atoms with Crippen molar-refractivity contribution >= 4 is 11.5 Å². The van der Waals surface area contributed by atoms with Gasteiger partial charge in [0.25, 0.3) is 5.56 Å². The van der Waals surface area contributed by atoms with E-state index < -0.39 is 5.82 Å². The number of pyridine rings is 1. The number of nitrogens with zero attached hydrogens (tertiary/aromatic N) is 1. The van der Waals surface area contributed by atoms with Crippen molar-refractivity contribution in [1.29, 1.82) is 5.26 Å². The lowest BCUT2D eigenvalue weighted by Crippen LogP contribution is -2.13. The van der Waals surface area contributed by atoms with Gasteiger partial charge in [0.1, 0.15) is 11.9 Å². The maximum absolute atomic E-state index is 13.7. The number of allylic oxidation sites excluding steroid dienone is 1. The molecule has 1 fully saturated rings. The number of halogens is 1. The Morgan fingerprint density at radius 3 is 2.74 bits per heavy atom. The van der Waals surface area contributed by atoms with Crippen molar-refractivity contribution < 1.29 is 9.18 Å². The van der Waals surface area contributed by atoms with E-state index in [1.165, 1.54) is 12.1 Å². The molecule has 6 heteroatoms. The lowest BCUT2D eigenvalue weighted by Gasteiger charge is -2.10. The first-order valence-electron chi connectivity index (χ1n) is 8.91. The number of hydrogen-bond donors (Lipinski definition) is 2.